The van der Waals surface area contributed by atoms with Gasteiger partial charge in [0.1, 0.15) is 37.3 Å². The number of aliphatic hydroxyl groups is 3. The third-order valence-corrected chi connectivity index (χ3v) is 2.66. The Bertz CT molecular complexity index is 181. The van der Waals surface area contributed by atoms with Crippen molar-refractivity contribution in [2.75, 3.05) is 6.79 Å². The van der Waals surface area contributed by atoms with Crippen molar-refractivity contribution >= 4 is 0 Å². The van der Waals surface area contributed by atoms with Gasteiger partial charge >= 0.3 is 0 Å². The quantitative estimate of drug-likeness (QED) is 0.328. The number of ether oxygens (including phenoxy) is 2. The molecule has 0 spiro atoms. The molecule has 3 unspecified atom stereocenters. The van der Waals surface area contributed by atoms with Crippen molar-refractivity contribution in [3.63, 3.8) is 0 Å². The Kier molecular flexibility index (Phi) is 2.26. The van der Waals surface area contributed by atoms with E-state index in [9.17, 15) is 15.3 Å². The summed E-state index contributed by atoms with van der Waals surface area (Å²) in [7, 11) is 0. The average Bonchev–Trinajstić information content (AvgIpc) is 2.59. The van der Waals surface area contributed by atoms with Gasteiger partial charge in [0.2, 0.25) is 0 Å². The third kappa shape index (κ3) is 1.26. The van der Waals surface area contributed by atoms with Crippen LogP contribution in [0.1, 0.15) is 0 Å². The fourth-order valence-electron chi connectivity index (χ4n) is 1.82. The number of hydrogen-bond donors (Lipinski definition) is 4. The maximum Gasteiger partial charge on any atom is 0.148 e. The number of rotatable bonds is 0. The summed E-state index contributed by atoms with van der Waals surface area (Å²) in [5.74, 6) is 0. The van der Waals surface area contributed by atoms with Crippen LogP contribution >= 0.6 is 0 Å². The topological polar surface area (TPSA) is 105 Å². The highest BCUT2D eigenvalue weighted by molar-refractivity contribution is 5.03. The van der Waals surface area contributed by atoms with Crippen molar-refractivity contribution in [3.8, 4) is 0 Å². The van der Waals surface area contributed by atoms with E-state index >= 15 is 0 Å². The first-order chi connectivity index (χ1) is 6.13. The molecular formula is C7H13NO5. The highest BCUT2D eigenvalue weighted by atomic mass is 16.7. The average molecular weight is 191 g/mol. The number of fused-ring (bicyclic) bond motifs is 1. The lowest BCUT2D eigenvalue weighted by molar-refractivity contribution is -0.143. The fraction of sp³-hybridized carbons (Fsp3) is 1.00. The summed E-state index contributed by atoms with van der Waals surface area (Å²) in [5, 5.41) is 28.4. The van der Waals surface area contributed by atoms with E-state index in [0.717, 1.165) is 0 Å². The summed E-state index contributed by atoms with van der Waals surface area (Å²) in [5.41, 5.74) is 5.47. The highest BCUT2D eigenvalue weighted by Crippen LogP contribution is 2.28. The molecule has 2 aliphatic rings. The summed E-state index contributed by atoms with van der Waals surface area (Å²) in [6.45, 7) is 0.0168. The molecule has 2 fully saturated rings. The number of nitrogens with two attached hydrogens (primary N) is 1. The van der Waals surface area contributed by atoms with Gasteiger partial charge in [0.15, 0.2) is 0 Å². The van der Waals surface area contributed by atoms with E-state index in [2.05, 4.69) is 0 Å². The molecule has 0 aromatic rings. The van der Waals surface area contributed by atoms with Crippen molar-refractivity contribution in [1.29, 1.82) is 0 Å². The monoisotopic (exact) mass is 191 g/mol. The smallest absolute Gasteiger partial charge is 0.148 e. The fourth-order valence-corrected chi connectivity index (χ4v) is 1.82. The van der Waals surface area contributed by atoms with Gasteiger partial charge < -0.3 is 30.5 Å². The normalized spacial score (nSPS) is 56.3. The lowest BCUT2D eigenvalue weighted by Gasteiger charge is -2.39. The van der Waals surface area contributed by atoms with Crippen molar-refractivity contribution in [2.24, 2.45) is 5.73 Å². The Labute approximate surface area is 74.9 Å². The molecule has 13 heavy (non-hydrogen) atoms. The second-order valence-corrected chi connectivity index (χ2v) is 3.43. The maximum absolute atomic E-state index is 9.53. The minimum Gasteiger partial charge on any atom is -0.389 e. The second-order valence-electron chi connectivity index (χ2n) is 3.43. The van der Waals surface area contributed by atoms with Crippen LogP contribution in [0.3, 0.4) is 0 Å². The molecule has 0 bridgehead atoms. The van der Waals surface area contributed by atoms with Crippen LogP contribution in [-0.4, -0.2) is 58.7 Å². The van der Waals surface area contributed by atoms with Gasteiger partial charge in [-0.15, -0.1) is 0 Å². The molecule has 2 rings (SSSR count). The molecule has 76 valence electrons. The van der Waals surface area contributed by atoms with Crippen LogP contribution in [-0.2, 0) is 9.47 Å². The van der Waals surface area contributed by atoms with Crippen LogP contribution in [0.5, 0.6) is 0 Å². The molecule has 1 heterocycles. The van der Waals surface area contributed by atoms with Gasteiger partial charge in [-0.05, 0) is 0 Å². The third-order valence-electron chi connectivity index (χ3n) is 2.66. The van der Waals surface area contributed by atoms with Gasteiger partial charge in [-0.25, -0.2) is 0 Å². The Morgan fingerprint density at radius 3 is 2.08 bits per heavy atom. The number of hydrogen-bond acceptors (Lipinski definition) is 6. The highest BCUT2D eigenvalue weighted by Gasteiger charge is 2.51. The van der Waals surface area contributed by atoms with Crippen molar-refractivity contribution in [1.82, 2.24) is 0 Å². The lowest BCUT2D eigenvalue weighted by atomic mass is 9.84. The summed E-state index contributed by atoms with van der Waals surface area (Å²) >= 11 is 0. The SMILES string of the molecule is NC1C(O)[C@@H](O)[C@H]2OCO[C@H]2C1O. The van der Waals surface area contributed by atoms with Crippen molar-refractivity contribution in [3.05, 3.63) is 0 Å². The molecule has 0 aromatic heterocycles. The predicted molar refractivity (Wildman–Crippen MR) is 40.6 cm³/mol. The molecule has 1 saturated carbocycles. The van der Waals surface area contributed by atoms with Crippen molar-refractivity contribution < 1.29 is 24.8 Å². The maximum atomic E-state index is 9.53. The van der Waals surface area contributed by atoms with E-state index in [-0.39, 0.29) is 6.79 Å². The van der Waals surface area contributed by atoms with E-state index in [1.54, 1.807) is 0 Å². The van der Waals surface area contributed by atoms with Gasteiger partial charge in [-0.2, -0.15) is 0 Å². The Morgan fingerprint density at radius 1 is 0.923 bits per heavy atom. The van der Waals surface area contributed by atoms with E-state index in [1.807, 2.05) is 0 Å². The number of aliphatic hydroxyl groups excluding tert-OH is 3. The zero-order chi connectivity index (χ0) is 9.59. The lowest BCUT2D eigenvalue weighted by Crippen LogP contribution is -2.65. The Balaban J connectivity index is 2.19. The second kappa shape index (κ2) is 3.16. The van der Waals surface area contributed by atoms with Gasteiger partial charge in [0.25, 0.3) is 0 Å². The summed E-state index contributed by atoms with van der Waals surface area (Å²) < 4.78 is 10.0. The zero-order valence-electron chi connectivity index (χ0n) is 6.91. The molecular weight excluding hydrogens is 178 g/mol. The molecule has 6 nitrogen and oxygen atoms in total. The first-order valence-corrected chi connectivity index (χ1v) is 4.16. The Morgan fingerprint density at radius 2 is 1.46 bits per heavy atom. The van der Waals surface area contributed by atoms with Gasteiger partial charge in [-0.1, -0.05) is 0 Å². The first-order valence-electron chi connectivity index (χ1n) is 4.16. The van der Waals surface area contributed by atoms with E-state index in [0.29, 0.717) is 0 Å². The van der Waals surface area contributed by atoms with E-state index < -0.39 is 36.6 Å². The van der Waals surface area contributed by atoms with Crippen molar-refractivity contribution in [2.45, 2.75) is 36.6 Å². The first kappa shape index (κ1) is 9.32. The molecule has 5 N–H and O–H groups in total. The van der Waals surface area contributed by atoms with Crippen LogP contribution in [0.2, 0.25) is 0 Å². The minimum atomic E-state index is -1.17. The standard InChI is InChI=1S/C7H13NO5/c8-2-3(9)5(11)7-6(4(2)10)12-1-13-7/h2-7,9-11H,1,8H2/t2?,3?,4?,5-,6+,7-/m1/s1. The molecule has 1 aliphatic carbocycles. The summed E-state index contributed by atoms with van der Waals surface area (Å²) in [4.78, 5) is 0. The zero-order valence-corrected chi connectivity index (χ0v) is 6.91. The van der Waals surface area contributed by atoms with Gasteiger partial charge in [0, 0.05) is 0 Å². The van der Waals surface area contributed by atoms with Crippen LogP contribution in [0.25, 0.3) is 0 Å². The van der Waals surface area contributed by atoms with Crippen LogP contribution in [0.4, 0.5) is 0 Å². The predicted octanol–water partition coefficient (Wildman–Crippen LogP) is -2.85. The summed E-state index contributed by atoms with van der Waals surface area (Å²) in [6, 6.07) is -0.891. The minimum absolute atomic E-state index is 0.0168. The molecule has 6 heteroatoms. The molecule has 0 aromatic carbocycles. The molecule has 1 aliphatic heterocycles. The van der Waals surface area contributed by atoms with E-state index in [4.69, 9.17) is 15.2 Å². The largest absolute Gasteiger partial charge is 0.389 e. The Hall–Kier alpha value is -0.240. The van der Waals surface area contributed by atoms with Crippen LogP contribution in [0.15, 0.2) is 0 Å². The molecule has 0 radical (unpaired) electrons. The molecule has 0 amide bonds. The van der Waals surface area contributed by atoms with Gasteiger partial charge in [0.05, 0.1) is 6.04 Å². The van der Waals surface area contributed by atoms with E-state index in [1.165, 1.54) is 0 Å². The summed E-state index contributed by atoms with van der Waals surface area (Å²) in [6.07, 6.45) is -4.56. The van der Waals surface area contributed by atoms with Crippen LogP contribution in [0, 0.1) is 0 Å². The van der Waals surface area contributed by atoms with Crippen LogP contribution < -0.4 is 5.73 Å². The van der Waals surface area contributed by atoms with Gasteiger partial charge in [-0.3, -0.25) is 0 Å². The molecule has 1 saturated heterocycles. The molecule has 6 atom stereocenters.